The van der Waals surface area contributed by atoms with Gasteiger partial charge in [-0.1, -0.05) is 30.3 Å². The van der Waals surface area contributed by atoms with Crippen LogP contribution >= 0.6 is 0 Å². The summed E-state index contributed by atoms with van der Waals surface area (Å²) >= 11 is 0. The number of aryl methyl sites for hydroxylation is 2. The number of hydrogen-bond donors (Lipinski definition) is 0. The average Bonchev–Trinajstić information content (AvgIpc) is 3.39. The molecule has 2 aliphatic heterocycles. The van der Waals surface area contributed by atoms with Crippen LogP contribution in [0.1, 0.15) is 24.0 Å². The van der Waals surface area contributed by atoms with Crippen LogP contribution in [0.15, 0.2) is 48.5 Å². The Morgan fingerprint density at radius 2 is 1.21 bits per heavy atom. The zero-order valence-electron chi connectivity index (χ0n) is 19.5. The molecule has 0 unspecified atom stereocenters. The fraction of sp³-hybridized carbons (Fsp3) is 0.370. The van der Waals surface area contributed by atoms with Crippen molar-refractivity contribution in [1.82, 2.24) is 15.0 Å². The topological polar surface area (TPSA) is 48.4 Å². The van der Waals surface area contributed by atoms with Crippen molar-refractivity contribution in [3.05, 3.63) is 59.7 Å². The Morgan fingerprint density at radius 1 is 0.606 bits per heavy atom. The molecule has 168 valence electrons. The van der Waals surface area contributed by atoms with Gasteiger partial charge in [0, 0.05) is 44.7 Å². The molecule has 2 aromatic carbocycles. The average molecular weight is 439 g/mol. The van der Waals surface area contributed by atoms with Gasteiger partial charge in [-0.15, -0.1) is 0 Å². The highest BCUT2D eigenvalue weighted by molar-refractivity contribution is 5.86. The first-order valence-electron chi connectivity index (χ1n) is 12.1. The Balaban J connectivity index is 1.29. The van der Waals surface area contributed by atoms with Crippen LogP contribution in [0.5, 0.6) is 0 Å². The Bertz CT molecular complexity index is 1320. The van der Waals surface area contributed by atoms with Gasteiger partial charge in [0.05, 0.1) is 16.6 Å². The lowest BCUT2D eigenvalue weighted by molar-refractivity contribution is 0.641. The van der Waals surface area contributed by atoms with Gasteiger partial charge in [0.1, 0.15) is 5.82 Å². The van der Waals surface area contributed by atoms with Crippen molar-refractivity contribution >= 4 is 39.4 Å². The standard InChI is InChI=1S/C27H30N6/c1-19-8-7-9-21-20(2)18-24(30-25(19)21)31-14-16-33(17-15-31)27-26(32-12-5-6-13-32)28-22-10-3-4-11-23(22)29-27/h3-4,7-11,18H,5-6,12-17H2,1-2H3. The Hall–Kier alpha value is -3.41. The van der Waals surface area contributed by atoms with E-state index >= 15 is 0 Å². The highest BCUT2D eigenvalue weighted by atomic mass is 15.3. The van der Waals surface area contributed by atoms with E-state index in [1.54, 1.807) is 0 Å². The molecule has 2 aliphatic rings. The fourth-order valence-electron chi connectivity index (χ4n) is 5.19. The van der Waals surface area contributed by atoms with Crippen LogP contribution in [0, 0.1) is 13.8 Å². The Labute approximate surface area is 194 Å². The van der Waals surface area contributed by atoms with Crippen LogP contribution in [-0.2, 0) is 0 Å². The number of rotatable bonds is 3. The zero-order valence-corrected chi connectivity index (χ0v) is 19.5. The molecule has 0 bridgehead atoms. The molecule has 2 fully saturated rings. The minimum absolute atomic E-state index is 0.917. The number of aromatic nitrogens is 3. The number of hydrogen-bond acceptors (Lipinski definition) is 6. The SMILES string of the molecule is Cc1cc(N2CCN(c3nc4ccccc4nc3N3CCCC3)CC2)nc2c(C)cccc12. The molecule has 6 heteroatoms. The minimum atomic E-state index is 0.917. The van der Waals surface area contributed by atoms with Gasteiger partial charge in [-0.3, -0.25) is 0 Å². The number of nitrogens with zero attached hydrogens (tertiary/aromatic N) is 6. The molecule has 0 spiro atoms. The number of pyridine rings is 1. The summed E-state index contributed by atoms with van der Waals surface area (Å²) in [5, 5.41) is 1.25. The van der Waals surface area contributed by atoms with E-state index in [1.807, 2.05) is 12.1 Å². The molecular formula is C27H30N6. The molecule has 0 atom stereocenters. The van der Waals surface area contributed by atoms with Crippen LogP contribution in [0.4, 0.5) is 17.5 Å². The first-order chi connectivity index (χ1) is 16.2. The summed E-state index contributed by atoms with van der Waals surface area (Å²) in [6.07, 6.45) is 2.46. The highest BCUT2D eigenvalue weighted by Gasteiger charge is 2.26. The summed E-state index contributed by atoms with van der Waals surface area (Å²) in [5.41, 5.74) is 5.59. The van der Waals surface area contributed by atoms with E-state index in [4.69, 9.17) is 15.0 Å². The number of piperazine rings is 1. The van der Waals surface area contributed by atoms with E-state index in [0.717, 1.165) is 73.3 Å². The summed E-state index contributed by atoms with van der Waals surface area (Å²) in [7, 11) is 0. The summed E-state index contributed by atoms with van der Waals surface area (Å²) in [5.74, 6) is 3.17. The molecule has 6 rings (SSSR count). The summed E-state index contributed by atoms with van der Waals surface area (Å²) in [6.45, 7) is 10.2. The maximum atomic E-state index is 5.10. The van der Waals surface area contributed by atoms with Gasteiger partial charge in [0.2, 0.25) is 0 Å². The zero-order chi connectivity index (χ0) is 22.4. The minimum Gasteiger partial charge on any atom is -0.354 e. The van der Waals surface area contributed by atoms with E-state index in [0.29, 0.717) is 0 Å². The first-order valence-corrected chi connectivity index (χ1v) is 12.1. The van der Waals surface area contributed by atoms with Gasteiger partial charge in [-0.05, 0) is 56.0 Å². The first kappa shape index (κ1) is 20.2. The molecular weight excluding hydrogens is 408 g/mol. The van der Waals surface area contributed by atoms with E-state index in [9.17, 15) is 0 Å². The van der Waals surface area contributed by atoms with Gasteiger partial charge in [0.15, 0.2) is 11.6 Å². The quantitative estimate of drug-likeness (QED) is 0.461. The number of fused-ring (bicyclic) bond motifs is 2. The third-order valence-corrected chi connectivity index (χ3v) is 7.08. The van der Waals surface area contributed by atoms with Crippen molar-refractivity contribution in [3.8, 4) is 0 Å². The molecule has 33 heavy (non-hydrogen) atoms. The van der Waals surface area contributed by atoms with E-state index in [2.05, 4.69) is 64.9 Å². The maximum Gasteiger partial charge on any atom is 0.172 e. The smallest absolute Gasteiger partial charge is 0.172 e. The van der Waals surface area contributed by atoms with Crippen LogP contribution in [0.2, 0.25) is 0 Å². The van der Waals surface area contributed by atoms with Gasteiger partial charge in [0.25, 0.3) is 0 Å². The second-order valence-electron chi connectivity index (χ2n) is 9.30. The molecule has 4 aromatic rings. The second kappa shape index (κ2) is 8.18. The molecule has 6 nitrogen and oxygen atoms in total. The van der Waals surface area contributed by atoms with Crippen molar-refractivity contribution in [2.24, 2.45) is 0 Å². The van der Waals surface area contributed by atoms with Gasteiger partial charge >= 0.3 is 0 Å². The second-order valence-corrected chi connectivity index (χ2v) is 9.30. The summed E-state index contributed by atoms with van der Waals surface area (Å²) < 4.78 is 0. The molecule has 0 aliphatic carbocycles. The van der Waals surface area contributed by atoms with Gasteiger partial charge in [-0.25, -0.2) is 15.0 Å². The molecule has 0 amide bonds. The van der Waals surface area contributed by atoms with Gasteiger partial charge in [-0.2, -0.15) is 0 Å². The lowest BCUT2D eigenvalue weighted by atomic mass is 10.1. The fourth-order valence-corrected chi connectivity index (χ4v) is 5.19. The summed E-state index contributed by atoms with van der Waals surface area (Å²) in [6, 6.07) is 16.9. The monoisotopic (exact) mass is 438 g/mol. The molecule has 0 N–H and O–H groups in total. The normalized spacial score (nSPS) is 16.8. The molecule has 2 saturated heterocycles. The lowest BCUT2D eigenvalue weighted by Crippen LogP contribution is -2.47. The number of para-hydroxylation sites is 3. The Kier molecular flexibility index (Phi) is 5.01. The van der Waals surface area contributed by atoms with Crippen molar-refractivity contribution in [2.75, 3.05) is 54.0 Å². The Morgan fingerprint density at radius 3 is 1.88 bits per heavy atom. The number of anilines is 3. The highest BCUT2D eigenvalue weighted by Crippen LogP contribution is 2.32. The summed E-state index contributed by atoms with van der Waals surface area (Å²) in [4.78, 5) is 22.5. The van der Waals surface area contributed by atoms with Crippen LogP contribution in [0.25, 0.3) is 21.9 Å². The molecule has 4 heterocycles. The van der Waals surface area contributed by atoms with E-state index in [1.165, 1.54) is 29.4 Å². The third kappa shape index (κ3) is 3.63. The van der Waals surface area contributed by atoms with Crippen molar-refractivity contribution < 1.29 is 0 Å². The predicted molar refractivity (Wildman–Crippen MR) is 137 cm³/mol. The third-order valence-electron chi connectivity index (χ3n) is 7.08. The number of benzene rings is 2. The predicted octanol–water partition coefficient (Wildman–Crippen LogP) is 4.72. The van der Waals surface area contributed by atoms with Crippen molar-refractivity contribution in [3.63, 3.8) is 0 Å². The lowest BCUT2D eigenvalue weighted by Gasteiger charge is -2.37. The van der Waals surface area contributed by atoms with E-state index < -0.39 is 0 Å². The maximum absolute atomic E-state index is 5.10. The van der Waals surface area contributed by atoms with Crippen molar-refractivity contribution in [2.45, 2.75) is 26.7 Å². The van der Waals surface area contributed by atoms with Crippen LogP contribution < -0.4 is 14.7 Å². The van der Waals surface area contributed by atoms with Crippen LogP contribution in [0.3, 0.4) is 0 Å². The molecule has 2 aromatic heterocycles. The largest absolute Gasteiger partial charge is 0.354 e. The van der Waals surface area contributed by atoms with Crippen LogP contribution in [-0.4, -0.2) is 54.2 Å². The molecule has 0 saturated carbocycles. The van der Waals surface area contributed by atoms with E-state index in [-0.39, 0.29) is 0 Å². The van der Waals surface area contributed by atoms with Gasteiger partial charge < -0.3 is 14.7 Å². The molecule has 0 radical (unpaired) electrons. The van der Waals surface area contributed by atoms with Crippen molar-refractivity contribution in [1.29, 1.82) is 0 Å².